The topological polar surface area (TPSA) is 29.3 Å². The average molecular weight is 248 g/mol. The Bertz CT molecular complexity index is 329. The molecule has 0 amide bonds. The number of anilines is 1. The molecule has 1 rings (SSSR count). The van der Waals surface area contributed by atoms with Crippen molar-refractivity contribution in [3.8, 4) is 0 Å². The van der Waals surface area contributed by atoms with Gasteiger partial charge in [0.05, 0.1) is 0 Å². The lowest BCUT2D eigenvalue weighted by atomic mass is 10.1. The maximum absolute atomic E-state index is 5.89. The Morgan fingerprint density at radius 1 is 0.889 bits per heavy atom. The molecule has 0 aliphatic heterocycles. The molecule has 0 aliphatic rings. The molecule has 0 saturated carbocycles. The minimum Gasteiger partial charge on any atom is -0.371 e. The molecule has 1 aromatic carbocycles. The van der Waals surface area contributed by atoms with Crippen molar-refractivity contribution in [3.05, 3.63) is 29.8 Å². The van der Waals surface area contributed by atoms with Gasteiger partial charge in [0.15, 0.2) is 0 Å². The standard InChI is InChI=1S/C16H28N2/c1-12(2)10-18(11-13(3)4)16-8-6-15(7-9-16)14(5)17/h6-9,12-14H,10-11,17H2,1-5H3. The summed E-state index contributed by atoms with van der Waals surface area (Å²) in [4.78, 5) is 2.47. The number of hydrogen-bond donors (Lipinski definition) is 1. The van der Waals surface area contributed by atoms with Gasteiger partial charge in [0.2, 0.25) is 0 Å². The van der Waals surface area contributed by atoms with E-state index in [1.165, 1.54) is 11.3 Å². The summed E-state index contributed by atoms with van der Waals surface area (Å²) >= 11 is 0. The predicted molar refractivity (Wildman–Crippen MR) is 80.9 cm³/mol. The van der Waals surface area contributed by atoms with E-state index in [4.69, 9.17) is 5.73 Å². The minimum atomic E-state index is 0.114. The van der Waals surface area contributed by atoms with Crippen molar-refractivity contribution < 1.29 is 0 Å². The van der Waals surface area contributed by atoms with E-state index in [0.717, 1.165) is 13.1 Å². The Morgan fingerprint density at radius 2 is 1.33 bits per heavy atom. The van der Waals surface area contributed by atoms with Crippen LogP contribution in [-0.2, 0) is 0 Å². The first kappa shape index (κ1) is 15.0. The number of hydrogen-bond acceptors (Lipinski definition) is 2. The van der Waals surface area contributed by atoms with Crippen LogP contribution < -0.4 is 10.6 Å². The summed E-state index contributed by atoms with van der Waals surface area (Å²) in [5.41, 5.74) is 8.40. The summed E-state index contributed by atoms with van der Waals surface area (Å²) in [7, 11) is 0. The molecule has 0 radical (unpaired) electrons. The first-order chi connectivity index (χ1) is 8.40. The lowest BCUT2D eigenvalue weighted by Gasteiger charge is -2.28. The predicted octanol–water partition coefficient (Wildman–Crippen LogP) is 3.82. The highest BCUT2D eigenvalue weighted by Crippen LogP contribution is 2.20. The molecule has 0 saturated heterocycles. The Kier molecular flexibility index (Phi) is 5.67. The van der Waals surface area contributed by atoms with Crippen LogP contribution >= 0.6 is 0 Å². The number of rotatable bonds is 6. The number of benzene rings is 1. The van der Waals surface area contributed by atoms with Crippen LogP contribution in [0.2, 0.25) is 0 Å². The molecule has 18 heavy (non-hydrogen) atoms. The fourth-order valence-electron chi connectivity index (χ4n) is 2.16. The third kappa shape index (κ3) is 4.69. The van der Waals surface area contributed by atoms with Crippen molar-refractivity contribution in [2.75, 3.05) is 18.0 Å². The Hall–Kier alpha value is -1.02. The Balaban J connectivity index is 2.83. The minimum absolute atomic E-state index is 0.114. The van der Waals surface area contributed by atoms with Gasteiger partial charge in [0.1, 0.15) is 0 Å². The molecule has 2 N–H and O–H groups in total. The van der Waals surface area contributed by atoms with E-state index in [2.05, 4.69) is 56.9 Å². The van der Waals surface area contributed by atoms with Gasteiger partial charge >= 0.3 is 0 Å². The maximum Gasteiger partial charge on any atom is 0.0366 e. The fourth-order valence-corrected chi connectivity index (χ4v) is 2.16. The van der Waals surface area contributed by atoms with E-state index < -0.39 is 0 Å². The third-order valence-corrected chi connectivity index (χ3v) is 2.96. The van der Waals surface area contributed by atoms with Crippen molar-refractivity contribution in [1.82, 2.24) is 0 Å². The van der Waals surface area contributed by atoms with Gasteiger partial charge in [0.25, 0.3) is 0 Å². The van der Waals surface area contributed by atoms with Crippen LogP contribution in [0.25, 0.3) is 0 Å². The van der Waals surface area contributed by atoms with Crippen molar-refractivity contribution in [2.45, 2.75) is 40.7 Å². The highest BCUT2D eigenvalue weighted by atomic mass is 15.1. The Morgan fingerprint density at radius 3 is 1.67 bits per heavy atom. The SMILES string of the molecule is CC(C)CN(CC(C)C)c1ccc(C(C)N)cc1. The van der Waals surface area contributed by atoms with Gasteiger partial charge in [-0.05, 0) is 36.5 Å². The molecule has 2 nitrogen and oxygen atoms in total. The van der Waals surface area contributed by atoms with Crippen LogP contribution in [0.4, 0.5) is 5.69 Å². The fraction of sp³-hybridized carbons (Fsp3) is 0.625. The molecule has 0 bridgehead atoms. The van der Waals surface area contributed by atoms with Crippen LogP contribution in [-0.4, -0.2) is 13.1 Å². The highest BCUT2D eigenvalue weighted by molar-refractivity contribution is 5.48. The van der Waals surface area contributed by atoms with Gasteiger partial charge in [-0.1, -0.05) is 39.8 Å². The van der Waals surface area contributed by atoms with E-state index in [-0.39, 0.29) is 6.04 Å². The molecule has 0 aliphatic carbocycles. The second kappa shape index (κ2) is 6.79. The first-order valence-electron chi connectivity index (χ1n) is 7.00. The largest absolute Gasteiger partial charge is 0.371 e. The zero-order valence-electron chi connectivity index (χ0n) is 12.5. The molecule has 1 aromatic rings. The molecule has 0 spiro atoms. The van der Waals surface area contributed by atoms with E-state index in [0.29, 0.717) is 11.8 Å². The van der Waals surface area contributed by atoms with Gasteiger partial charge in [-0.15, -0.1) is 0 Å². The van der Waals surface area contributed by atoms with Crippen molar-refractivity contribution in [1.29, 1.82) is 0 Å². The molecule has 0 fully saturated rings. The van der Waals surface area contributed by atoms with Crippen LogP contribution in [0.15, 0.2) is 24.3 Å². The van der Waals surface area contributed by atoms with Gasteiger partial charge in [-0.2, -0.15) is 0 Å². The second-order valence-corrected chi connectivity index (χ2v) is 6.07. The molecule has 0 heterocycles. The summed E-state index contributed by atoms with van der Waals surface area (Å²) < 4.78 is 0. The third-order valence-electron chi connectivity index (χ3n) is 2.96. The second-order valence-electron chi connectivity index (χ2n) is 6.07. The van der Waals surface area contributed by atoms with Crippen LogP contribution in [0.5, 0.6) is 0 Å². The van der Waals surface area contributed by atoms with E-state index in [9.17, 15) is 0 Å². The van der Waals surface area contributed by atoms with E-state index >= 15 is 0 Å². The smallest absolute Gasteiger partial charge is 0.0366 e. The zero-order valence-corrected chi connectivity index (χ0v) is 12.5. The van der Waals surface area contributed by atoms with Crippen molar-refractivity contribution in [3.63, 3.8) is 0 Å². The van der Waals surface area contributed by atoms with E-state index in [1.807, 2.05) is 6.92 Å². The quantitative estimate of drug-likeness (QED) is 0.829. The lowest BCUT2D eigenvalue weighted by Crippen LogP contribution is -2.31. The van der Waals surface area contributed by atoms with Crippen LogP contribution in [0.3, 0.4) is 0 Å². The summed E-state index contributed by atoms with van der Waals surface area (Å²) in [6.45, 7) is 13.3. The van der Waals surface area contributed by atoms with Crippen LogP contribution in [0, 0.1) is 11.8 Å². The van der Waals surface area contributed by atoms with Crippen LogP contribution in [0.1, 0.15) is 46.2 Å². The molecular formula is C16H28N2. The number of nitrogens with zero attached hydrogens (tertiary/aromatic N) is 1. The highest BCUT2D eigenvalue weighted by Gasteiger charge is 2.10. The monoisotopic (exact) mass is 248 g/mol. The summed E-state index contributed by atoms with van der Waals surface area (Å²) in [5.74, 6) is 1.36. The maximum atomic E-state index is 5.89. The van der Waals surface area contributed by atoms with Gasteiger partial charge in [0, 0.05) is 24.8 Å². The molecular weight excluding hydrogens is 220 g/mol. The molecule has 2 heteroatoms. The zero-order chi connectivity index (χ0) is 13.7. The molecule has 102 valence electrons. The summed E-state index contributed by atoms with van der Waals surface area (Å²) in [6, 6.07) is 8.80. The van der Waals surface area contributed by atoms with Crippen molar-refractivity contribution >= 4 is 5.69 Å². The first-order valence-corrected chi connectivity index (χ1v) is 7.00. The normalized spacial score (nSPS) is 13.1. The summed E-state index contributed by atoms with van der Waals surface area (Å²) in [5, 5.41) is 0. The Labute approximate surface area is 112 Å². The number of nitrogens with two attached hydrogens (primary N) is 1. The van der Waals surface area contributed by atoms with Gasteiger partial charge in [-0.3, -0.25) is 0 Å². The molecule has 1 atom stereocenters. The van der Waals surface area contributed by atoms with Gasteiger partial charge in [-0.25, -0.2) is 0 Å². The lowest BCUT2D eigenvalue weighted by molar-refractivity contribution is 0.552. The van der Waals surface area contributed by atoms with Crippen molar-refractivity contribution in [2.24, 2.45) is 17.6 Å². The molecule has 0 aromatic heterocycles. The van der Waals surface area contributed by atoms with E-state index in [1.54, 1.807) is 0 Å². The van der Waals surface area contributed by atoms with Gasteiger partial charge < -0.3 is 10.6 Å². The average Bonchev–Trinajstić information content (AvgIpc) is 2.27. The molecule has 1 unspecified atom stereocenters. The summed E-state index contributed by atoms with van der Waals surface area (Å²) in [6.07, 6.45) is 0.